The van der Waals surface area contributed by atoms with Gasteiger partial charge in [0.2, 0.25) is 0 Å². The summed E-state index contributed by atoms with van der Waals surface area (Å²) in [6.45, 7) is 0.665. The highest BCUT2D eigenvalue weighted by molar-refractivity contribution is 6.30. The number of halogens is 1. The number of rotatable bonds is 6. The Hall–Kier alpha value is -1.51. The number of hydrogen-bond acceptors (Lipinski definition) is 2. The van der Waals surface area contributed by atoms with E-state index in [-0.39, 0.29) is 0 Å². The molecule has 2 nitrogen and oxygen atoms in total. The summed E-state index contributed by atoms with van der Waals surface area (Å²) in [6.07, 6.45) is 1.91. The molecule has 2 N–H and O–H groups in total. The molecule has 0 spiro atoms. The van der Waals surface area contributed by atoms with Crippen LogP contribution >= 0.6 is 11.6 Å². The molecule has 106 valence electrons. The second-order valence-corrected chi connectivity index (χ2v) is 5.42. The van der Waals surface area contributed by atoms with Crippen molar-refractivity contribution in [3.8, 4) is 5.75 Å². The molecular weight excluding hydrogens is 270 g/mol. The zero-order valence-corrected chi connectivity index (χ0v) is 12.4. The molecule has 1 unspecified atom stereocenters. The second-order valence-electron chi connectivity index (χ2n) is 4.99. The van der Waals surface area contributed by atoms with Gasteiger partial charge >= 0.3 is 0 Å². The molecule has 3 heteroatoms. The van der Waals surface area contributed by atoms with E-state index in [4.69, 9.17) is 22.1 Å². The number of methoxy groups -OCH3 is 1. The van der Waals surface area contributed by atoms with Gasteiger partial charge in [-0.05, 0) is 60.7 Å². The van der Waals surface area contributed by atoms with Crippen molar-refractivity contribution in [3.63, 3.8) is 0 Å². The topological polar surface area (TPSA) is 35.2 Å². The van der Waals surface area contributed by atoms with Crippen molar-refractivity contribution in [1.82, 2.24) is 0 Å². The van der Waals surface area contributed by atoms with E-state index in [1.807, 2.05) is 30.3 Å². The van der Waals surface area contributed by atoms with Crippen LogP contribution in [0.15, 0.2) is 48.5 Å². The zero-order chi connectivity index (χ0) is 14.4. The van der Waals surface area contributed by atoms with Crippen LogP contribution in [0.4, 0.5) is 0 Å². The van der Waals surface area contributed by atoms with Gasteiger partial charge in [-0.3, -0.25) is 0 Å². The van der Waals surface area contributed by atoms with Gasteiger partial charge in [0.05, 0.1) is 7.11 Å². The predicted octanol–water partition coefficient (Wildman–Crippen LogP) is 3.71. The van der Waals surface area contributed by atoms with Crippen molar-refractivity contribution in [2.75, 3.05) is 13.7 Å². The maximum absolute atomic E-state index is 6.02. The summed E-state index contributed by atoms with van der Waals surface area (Å²) < 4.78 is 5.17. The summed E-state index contributed by atoms with van der Waals surface area (Å²) in [6, 6.07) is 16.2. The molecule has 2 aromatic carbocycles. The third-order valence-corrected chi connectivity index (χ3v) is 3.67. The maximum Gasteiger partial charge on any atom is 0.118 e. The van der Waals surface area contributed by atoms with Crippen LogP contribution in [0.3, 0.4) is 0 Å². The van der Waals surface area contributed by atoms with Gasteiger partial charge in [0, 0.05) is 5.02 Å². The van der Waals surface area contributed by atoms with Crippen LogP contribution in [-0.4, -0.2) is 13.7 Å². The molecule has 0 radical (unpaired) electrons. The molecule has 0 aromatic heterocycles. The fourth-order valence-electron chi connectivity index (χ4n) is 2.33. The van der Waals surface area contributed by atoms with Crippen molar-refractivity contribution in [3.05, 3.63) is 64.7 Å². The highest BCUT2D eigenvalue weighted by Gasteiger charge is 2.09. The van der Waals surface area contributed by atoms with E-state index in [0.717, 1.165) is 23.6 Å². The first-order valence-electron chi connectivity index (χ1n) is 6.78. The standard InChI is InChI=1S/C17H20ClNO/c1-20-17-7-5-13(6-8-17)9-15(12-19)10-14-3-2-4-16(18)11-14/h2-8,11,15H,9-10,12,19H2,1H3. The Morgan fingerprint density at radius 2 is 1.75 bits per heavy atom. The van der Waals surface area contributed by atoms with E-state index in [2.05, 4.69) is 18.2 Å². The van der Waals surface area contributed by atoms with Gasteiger partial charge in [-0.2, -0.15) is 0 Å². The van der Waals surface area contributed by atoms with E-state index < -0.39 is 0 Å². The molecule has 1 atom stereocenters. The quantitative estimate of drug-likeness (QED) is 0.880. The number of benzene rings is 2. The Kier molecular flexibility index (Phi) is 5.45. The molecule has 0 aliphatic heterocycles. The van der Waals surface area contributed by atoms with E-state index in [0.29, 0.717) is 12.5 Å². The van der Waals surface area contributed by atoms with Crippen molar-refractivity contribution in [2.45, 2.75) is 12.8 Å². The molecule has 0 fully saturated rings. The van der Waals surface area contributed by atoms with Crippen molar-refractivity contribution in [1.29, 1.82) is 0 Å². The first-order chi connectivity index (χ1) is 9.71. The fourth-order valence-corrected chi connectivity index (χ4v) is 2.54. The third kappa shape index (κ3) is 4.26. The average Bonchev–Trinajstić information content (AvgIpc) is 2.47. The molecule has 0 aliphatic rings. The van der Waals surface area contributed by atoms with Gasteiger partial charge < -0.3 is 10.5 Å². The van der Waals surface area contributed by atoms with Crippen LogP contribution in [0.5, 0.6) is 5.75 Å². The molecule has 0 saturated carbocycles. The Labute approximate surface area is 125 Å². The molecule has 2 aromatic rings. The highest BCUT2D eigenvalue weighted by atomic mass is 35.5. The van der Waals surface area contributed by atoms with Crippen LogP contribution in [0.25, 0.3) is 0 Å². The first kappa shape index (κ1) is 14.9. The molecule has 2 rings (SSSR count). The van der Waals surface area contributed by atoms with Gasteiger partial charge in [0.25, 0.3) is 0 Å². The Morgan fingerprint density at radius 3 is 2.35 bits per heavy atom. The molecule has 0 saturated heterocycles. The largest absolute Gasteiger partial charge is 0.497 e. The van der Waals surface area contributed by atoms with Crippen molar-refractivity contribution >= 4 is 11.6 Å². The van der Waals surface area contributed by atoms with E-state index >= 15 is 0 Å². The SMILES string of the molecule is COc1ccc(CC(CN)Cc2cccc(Cl)c2)cc1. The minimum Gasteiger partial charge on any atom is -0.497 e. The van der Waals surface area contributed by atoms with Crippen LogP contribution < -0.4 is 10.5 Å². The maximum atomic E-state index is 6.02. The van der Waals surface area contributed by atoms with Gasteiger partial charge in [-0.1, -0.05) is 35.9 Å². The summed E-state index contributed by atoms with van der Waals surface area (Å²) in [5.41, 5.74) is 8.42. The summed E-state index contributed by atoms with van der Waals surface area (Å²) in [4.78, 5) is 0. The van der Waals surface area contributed by atoms with Gasteiger partial charge in [-0.25, -0.2) is 0 Å². The summed E-state index contributed by atoms with van der Waals surface area (Å²) >= 11 is 6.02. The summed E-state index contributed by atoms with van der Waals surface area (Å²) in [5.74, 6) is 1.30. The Bertz CT molecular complexity index is 539. The number of nitrogens with two attached hydrogens (primary N) is 1. The first-order valence-corrected chi connectivity index (χ1v) is 7.16. The molecule has 0 heterocycles. The van der Waals surface area contributed by atoms with E-state index in [1.165, 1.54) is 11.1 Å². The predicted molar refractivity (Wildman–Crippen MR) is 84.4 cm³/mol. The molecule has 0 aliphatic carbocycles. The average molecular weight is 290 g/mol. The smallest absolute Gasteiger partial charge is 0.118 e. The lowest BCUT2D eigenvalue weighted by Crippen LogP contribution is -2.19. The summed E-state index contributed by atoms with van der Waals surface area (Å²) in [7, 11) is 1.68. The van der Waals surface area contributed by atoms with Gasteiger partial charge in [0.1, 0.15) is 5.75 Å². The van der Waals surface area contributed by atoms with Crippen LogP contribution in [0.1, 0.15) is 11.1 Å². The highest BCUT2D eigenvalue weighted by Crippen LogP contribution is 2.19. The number of ether oxygens (including phenoxy) is 1. The minimum absolute atomic E-state index is 0.418. The molecule has 0 bridgehead atoms. The molecular formula is C17H20ClNO. The Morgan fingerprint density at radius 1 is 1.05 bits per heavy atom. The lowest BCUT2D eigenvalue weighted by molar-refractivity contribution is 0.414. The third-order valence-electron chi connectivity index (χ3n) is 3.43. The van der Waals surface area contributed by atoms with Gasteiger partial charge in [0.15, 0.2) is 0 Å². The van der Waals surface area contributed by atoms with Crippen LogP contribution in [0, 0.1) is 5.92 Å². The van der Waals surface area contributed by atoms with E-state index in [1.54, 1.807) is 7.11 Å². The normalized spacial score (nSPS) is 12.2. The monoisotopic (exact) mass is 289 g/mol. The van der Waals surface area contributed by atoms with E-state index in [9.17, 15) is 0 Å². The van der Waals surface area contributed by atoms with Gasteiger partial charge in [-0.15, -0.1) is 0 Å². The second kappa shape index (κ2) is 7.32. The molecule has 20 heavy (non-hydrogen) atoms. The summed E-state index contributed by atoms with van der Waals surface area (Å²) in [5, 5.41) is 0.780. The molecule has 0 amide bonds. The van der Waals surface area contributed by atoms with Crippen LogP contribution in [0.2, 0.25) is 5.02 Å². The lowest BCUT2D eigenvalue weighted by atomic mass is 9.92. The Balaban J connectivity index is 2.01. The van der Waals surface area contributed by atoms with Crippen LogP contribution in [-0.2, 0) is 12.8 Å². The minimum atomic E-state index is 0.418. The zero-order valence-electron chi connectivity index (χ0n) is 11.7. The number of hydrogen-bond donors (Lipinski definition) is 1. The fraction of sp³-hybridized carbons (Fsp3) is 0.294. The van der Waals surface area contributed by atoms with Crippen molar-refractivity contribution < 1.29 is 4.74 Å². The lowest BCUT2D eigenvalue weighted by Gasteiger charge is -2.15. The van der Waals surface area contributed by atoms with Crippen molar-refractivity contribution in [2.24, 2.45) is 11.7 Å².